The lowest BCUT2D eigenvalue weighted by Gasteiger charge is -2.05. The predicted molar refractivity (Wildman–Crippen MR) is 43.8 cm³/mol. The Kier molecular flexibility index (Phi) is 2.78. The molecule has 0 bridgehead atoms. The van der Waals surface area contributed by atoms with Crippen LogP contribution in [0, 0.1) is 0 Å². The van der Waals surface area contributed by atoms with Crippen LogP contribution >= 0.6 is 0 Å². The van der Waals surface area contributed by atoms with E-state index in [1.807, 2.05) is 0 Å². The van der Waals surface area contributed by atoms with Crippen LogP contribution < -0.4 is 16.6 Å². The maximum absolute atomic E-state index is 11.7. The molecule has 0 aliphatic carbocycles. The van der Waals surface area contributed by atoms with E-state index in [4.69, 9.17) is 5.73 Å². The number of rotatable bonds is 3. The van der Waals surface area contributed by atoms with Crippen molar-refractivity contribution in [1.29, 1.82) is 0 Å². The number of hydrogen-bond acceptors (Lipinski definition) is 4. The second-order valence-electron chi connectivity index (χ2n) is 2.27. The molecule has 0 radical (unpaired) electrons. The lowest BCUT2D eigenvalue weighted by molar-refractivity contribution is 0.163. The third kappa shape index (κ3) is 2.39. The number of aromatic amines is 1. The number of nitrogens with one attached hydrogen (secondary N) is 2. The van der Waals surface area contributed by atoms with Gasteiger partial charge < -0.3 is 16.0 Å². The third-order valence-corrected chi connectivity index (χ3v) is 1.31. The number of hydrogen-bond donors (Lipinski definition) is 3. The molecule has 0 aliphatic rings. The summed E-state index contributed by atoms with van der Waals surface area (Å²) in [5, 5.41) is 2.25. The number of aromatic nitrogens is 2. The van der Waals surface area contributed by atoms with E-state index < -0.39 is 18.5 Å². The molecule has 1 aromatic heterocycles. The lowest BCUT2D eigenvalue weighted by Crippen LogP contribution is -2.18. The van der Waals surface area contributed by atoms with Gasteiger partial charge in [0.1, 0.15) is 5.69 Å². The summed E-state index contributed by atoms with van der Waals surface area (Å²) in [6, 6.07) is 0. The SMILES string of the molecule is Nc1c(NCC(F)F)nc[nH]c1=O. The molecule has 5 nitrogen and oxygen atoms in total. The van der Waals surface area contributed by atoms with Crippen LogP contribution in [0.15, 0.2) is 11.1 Å². The minimum Gasteiger partial charge on any atom is -0.391 e. The molecule has 0 aromatic carbocycles. The summed E-state index contributed by atoms with van der Waals surface area (Å²) in [6.45, 7) is -0.583. The zero-order valence-corrected chi connectivity index (χ0v) is 6.55. The molecule has 7 heteroatoms. The number of H-pyrrole nitrogens is 1. The molecule has 0 saturated carbocycles. The highest BCUT2D eigenvalue weighted by Crippen LogP contribution is 2.07. The van der Waals surface area contributed by atoms with Gasteiger partial charge in [-0.15, -0.1) is 0 Å². The minimum atomic E-state index is -2.51. The summed E-state index contributed by atoms with van der Waals surface area (Å²) in [7, 11) is 0. The van der Waals surface area contributed by atoms with Crippen LogP contribution in [0.25, 0.3) is 0 Å². The molecule has 0 saturated heterocycles. The molecule has 0 atom stereocenters. The number of nitrogen functional groups attached to an aromatic ring is 1. The number of halogens is 2. The van der Waals surface area contributed by atoms with Gasteiger partial charge in [0.05, 0.1) is 12.9 Å². The van der Waals surface area contributed by atoms with Crippen molar-refractivity contribution in [3.05, 3.63) is 16.7 Å². The molecule has 0 spiro atoms. The van der Waals surface area contributed by atoms with Crippen LogP contribution in [0.2, 0.25) is 0 Å². The van der Waals surface area contributed by atoms with Gasteiger partial charge >= 0.3 is 0 Å². The highest BCUT2D eigenvalue weighted by atomic mass is 19.3. The van der Waals surface area contributed by atoms with Gasteiger partial charge in [0.2, 0.25) is 0 Å². The van der Waals surface area contributed by atoms with Crippen molar-refractivity contribution >= 4 is 11.5 Å². The van der Waals surface area contributed by atoms with Crippen LogP contribution in [0.3, 0.4) is 0 Å². The Balaban J connectivity index is 2.77. The Labute approximate surface area is 72.0 Å². The second kappa shape index (κ2) is 3.83. The molecule has 1 rings (SSSR count). The number of nitrogens with two attached hydrogens (primary N) is 1. The zero-order chi connectivity index (χ0) is 9.84. The van der Waals surface area contributed by atoms with Gasteiger partial charge in [-0.05, 0) is 0 Å². The van der Waals surface area contributed by atoms with E-state index in [1.54, 1.807) is 0 Å². The first kappa shape index (κ1) is 9.43. The van der Waals surface area contributed by atoms with Crippen molar-refractivity contribution in [1.82, 2.24) is 9.97 Å². The highest BCUT2D eigenvalue weighted by molar-refractivity contribution is 5.58. The summed E-state index contributed by atoms with van der Waals surface area (Å²) in [4.78, 5) is 16.6. The Bertz CT molecular complexity index is 338. The van der Waals surface area contributed by atoms with E-state index in [1.165, 1.54) is 0 Å². The van der Waals surface area contributed by atoms with E-state index in [0.29, 0.717) is 0 Å². The Morgan fingerprint density at radius 2 is 2.38 bits per heavy atom. The van der Waals surface area contributed by atoms with E-state index in [9.17, 15) is 13.6 Å². The van der Waals surface area contributed by atoms with Crippen LogP contribution in [-0.4, -0.2) is 22.9 Å². The van der Waals surface area contributed by atoms with Gasteiger partial charge in [-0.3, -0.25) is 4.79 Å². The molecule has 0 aliphatic heterocycles. The van der Waals surface area contributed by atoms with Gasteiger partial charge in [0, 0.05) is 0 Å². The molecule has 1 heterocycles. The average molecular weight is 190 g/mol. The quantitative estimate of drug-likeness (QED) is 0.627. The Morgan fingerprint density at radius 3 is 3.00 bits per heavy atom. The van der Waals surface area contributed by atoms with Crippen LogP contribution in [-0.2, 0) is 0 Å². The topological polar surface area (TPSA) is 83.8 Å². The van der Waals surface area contributed by atoms with Crippen molar-refractivity contribution in [2.24, 2.45) is 0 Å². The summed E-state index contributed by atoms with van der Waals surface area (Å²) < 4.78 is 23.5. The van der Waals surface area contributed by atoms with Crippen molar-refractivity contribution in [2.45, 2.75) is 6.43 Å². The first-order valence-electron chi connectivity index (χ1n) is 3.46. The van der Waals surface area contributed by atoms with E-state index >= 15 is 0 Å². The van der Waals surface area contributed by atoms with E-state index in [-0.39, 0.29) is 11.5 Å². The fraction of sp³-hybridized carbons (Fsp3) is 0.333. The summed E-state index contributed by atoms with van der Waals surface area (Å²) in [5.41, 5.74) is 4.51. The Hall–Kier alpha value is -1.66. The maximum Gasteiger partial charge on any atom is 0.276 e. The summed E-state index contributed by atoms with van der Waals surface area (Å²) >= 11 is 0. The molecule has 72 valence electrons. The largest absolute Gasteiger partial charge is 0.391 e. The molecule has 13 heavy (non-hydrogen) atoms. The summed E-state index contributed by atoms with van der Waals surface area (Å²) in [5.74, 6) is -0.0240. The Morgan fingerprint density at radius 1 is 1.69 bits per heavy atom. The van der Waals surface area contributed by atoms with Gasteiger partial charge in [-0.1, -0.05) is 0 Å². The zero-order valence-electron chi connectivity index (χ0n) is 6.55. The van der Waals surface area contributed by atoms with Crippen LogP contribution in [0.1, 0.15) is 0 Å². The number of nitrogens with zero attached hydrogens (tertiary/aromatic N) is 1. The lowest BCUT2D eigenvalue weighted by atomic mass is 10.4. The number of anilines is 2. The summed E-state index contributed by atoms with van der Waals surface area (Å²) in [6.07, 6.45) is -1.42. The smallest absolute Gasteiger partial charge is 0.276 e. The van der Waals surface area contributed by atoms with Crippen molar-refractivity contribution in [2.75, 3.05) is 17.6 Å². The maximum atomic E-state index is 11.7. The van der Waals surface area contributed by atoms with Gasteiger partial charge in [0.15, 0.2) is 5.82 Å². The molecular weight excluding hydrogens is 182 g/mol. The first-order chi connectivity index (χ1) is 6.11. The molecule has 0 fully saturated rings. The molecular formula is C6H8F2N4O. The van der Waals surface area contributed by atoms with Crippen molar-refractivity contribution in [3.63, 3.8) is 0 Å². The molecule has 4 N–H and O–H groups in total. The fourth-order valence-electron chi connectivity index (χ4n) is 0.725. The van der Waals surface area contributed by atoms with E-state index in [0.717, 1.165) is 6.33 Å². The monoisotopic (exact) mass is 190 g/mol. The van der Waals surface area contributed by atoms with Crippen LogP contribution in [0.4, 0.5) is 20.3 Å². The first-order valence-corrected chi connectivity index (χ1v) is 3.46. The third-order valence-electron chi connectivity index (χ3n) is 1.31. The minimum absolute atomic E-state index is 0.0240. The predicted octanol–water partition coefficient (Wildman–Crippen LogP) is 0.0291. The molecule has 1 aromatic rings. The second-order valence-corrected chi connectivity index (χ2v) is 2.27. The van der Waals surface area contributed by atoms with Gasteiger partial charge in [-0.25, -0.2) is 13.8 Å². The normalized spacial score (nSPS) is 10.4. The van der Waals surface area contributed by atoms with Crippen molar-refractivity contribution in [3.8, 4) is 0 Å². The van der Waals surface area contributed by atoms with E-state index in [2.05, 4.69) is 15.3 Å². The van der Waals surface area contributed by atoms with Crippen LogP contribution in [0.5, 0.6) is 0 Å². The molecule has 0 amide bonds. The molecule has 0 unspecified atom stereocenters. The fourth-order valence-corrected chi connectivity index (χ4v) is 0.725. The standard InChI is InChI=1S/C6H8F2N4O/c7-3(8)1-10-5-4(9)6(13)12-2-11-5/h2-3H,1,9H2,(H2,10,11,12,13). The highest BCUT2D eigenvalue weighted by Gasteiger charge is 2.06. The van der Waals surface area contributed by atoms with Crippen molar-refractivity contribution < 1.29 is 8.78 Å². The number of alkyl halides is 2. The van der Waals surface area contributed by atoms with Gasteiger partial charge in [-0.2, -0.15) is 0 Å². The average Bonchev–Trinajstić information content (AvgIpc) is 2.07. The van der Waals surface area contributed by atoms with Gasteiger partial charge in [0.25, 0.3) is 12.0 Å².